The topological polar surface area (TPSA) is 76.2 Å². The van der Waals surface area contributed by atoms with Crippen molar-refractivity contribution in [3.05, 3.63) is 29.2 Å². The highest BCUT2D eigenvalue weighted by molar-refractivity contribution is 5.93. The molecule has 0 aromatic carbocycles. The summed E-state index contributed by atoms with van der Waals surface area (Å²) in [5.41, 5.74) is 2.94. The van der Waals surface area contributed by atoms with E-state index in [1.807, 2.05) is 20.8 Å². The van der Waals surface area contributed by atoms with Crippen LogP contribution >= 0.6 is 0 Å². The van der Waals surface area contributed by atoms with Crippen molar-refractivity contribution in [1.29, 1.82) is 0 Å². The maximum Gasteiger partial charge on any atom is 0.243 e. The van der Waals surface area contributed by atoms with Crippen LogP contribution in [0.1, 0.15) is 30.0 Å². The molecule has 1 aliphatic heterocycles. The molecule has 1 N–H and O–H groups in total. The average molecular weight is 303 g/mol. The zero-order valence-electron chi connectivity index (χ0n) is 13.3. The van der Waals surface area contributed by atoms with Crippen molar-refractivity contribution in [2.45, 2.75) is 39.8 Å². The zero-order valence-corrected chi connectivity index (χ0v) is 13.3. The SMILES string of the molecule is Cc1cc(NC(=O)[C@H](C)N2CC(n3nc(C)cc3C)C2)on1. The van der Waals surface area contributed by atoms with Gasteiger partial charge >= 0.3 is 0 Å². The number of nitrogens with one attached hydrogen (secondary N) is 1. The van der Waals surface area contributed by atoms with Crippen LogP contribution in [0.3, 0.4) is 0 Å². The molecule has 7 heteroatoms. The molecule has 22 heavy (non-hydrogen) atoms. The van der Waals surface area contributed by atoms with Gasteiger partial charge in [-0.25, -0.2) is 0 Å². The second-order valence-corrected chi connectivity index (χ2v) is 5.98. The van der Waals surface area contributed by atoms with E-state index in [9.17, 15) is 4.79 Å². The molecule has 1 atom stereocenters. The standard InChI is InChI=1S/C15H21N5O2/c1-9-5-11(3)20(17-9)13-7-19(8-13)12(4)15(21)16-14-6-10(2)18-22-14/h5-6,12-13H,7-8H2,1-4H3,(H,16,21)/t12-/m0/s1. The van der Waals surface area contributed by atoms with Crippen LogP contribution < -0.4 is 5.32 Å². The molecule has 1 saturated heterocycles. The number of hydrogen-bond acceptors (Lipinski definition) is 5. The third-order valence-electron chi connectivity index (χ3n) is 4.08. The van der Waals surface area contributed by atoms with Gasteiger partial charge in [-0.15, -0.1) is 0 Å². The molecule has 1 fully saturated rings. The molecular formula is C15H21N5O2. The van der Waals surface area contributed by atoms with Crippen LogP contribution in [0.4, 0.5) is 5.88 Å². The number of carbonyl (C=O) groups is 1. The lowest BCUT2D eigenvalue weighted by molar-refractivity contribution is -0.123. The van der Waals surface area contributed by atoms with Crippen molar-refractivity contribution < 1.29 is 9.32 Å². The molecule has 0 saturated carbocycles. The van der Waals surface area contributed by atoms with Crippen molar-refractivity contribution in [3.8, 4) is 0 Å². The Labute approximate surface area is 129 Å². The Morgan fingerprint density at radius 2 is 2.05 bits per heavy atom. The second-order valence-electron chi connectivity index (χ2n) is 5.98. The van der Waals surface area contributed by atoms with Gasteiger partial charge in [0.15, 0.2) is 0 Å². The third kappa shape index (κ3) is 2.76. The highest BCUT2D eigenvalue weighted by Crippen LogP contribution is 2.25. The molecule has 2 aromatic heterocycles. The Bertz CT molecular complexity index is 684. The average Bonchev–Trinajstić information content (AvgIpc) is 2.94. The fourth-order valence-corrected chi connectivity index (χ4v) is 2.79. The van der Waals surface area contributed by atoms with Crippen LogP contribution in [-0.4, -0.2) is 44.9 Å². The molecule has 1 amide bonds. The molecule has 0 unspecified atom stereocenters. The lowest BCUT2D eigenvalue weighted by Gasteiger charge is -2.42. The number of rotatable bonds is 4. The smallest absolute Gasteiger partial charge is 0.243 e. The first-order valence-electron chi connectivity index (χ1n) is 7.45. The van der Waals surface area contributed by atoms with Crippen LogP contribution in [-0.2, 0) is 4.79 Å². The van der Waals surface area contributed by atoms with E-state index in [4.69, 9.17) is 4.52 Å². The Hall–Kier alpha value is -2.15. The van der Waals surface area contributed by atoms with E-state index in [1.165, 1.54) is 0 Å². The molecule has 2 aromatic rings. The number of carbonyl (C=O) groups excluding carboxylic acids is 1. The van der Waals surface area contributed by atoms with Crippen molar-refractivity contribution >= 4 is 11.8 Å². The number of likely N-dealkylation sites (tertiary alicyclic amines) is 1. The van der Waals surface area contributed by atoms with E-state index < -0.39 is 0 Å². The molecule has 0 spiro atoms. The Morgan fingerprint density at radius 1 is 1.32 bits per heavy atom. The van der Waals surface area contributed by atoms with Crippen LogP contribution in [0.25, 0.3) is 0 Å². The Balaban J connectivity index is 1.55. The Morgan fingerprint density at radius 3 is 2.59 bits per heavy atom. The zero-order chi connectivity index (χ0) is 15.9. The van der Waals surface area contributed by atoms with E-state index in [0.717, 1.165) is 30.2 Å². The van der Waals surface area contributed by atoms with Gasteiger partial charge in [0.1, 0.15) is 0 Å². The van der Waals surface area contributed by atoms with Crippen molar-refractivity contribution in [2.24, 2.45) is 0 Å². The predicted octanol–water partition coefficient (Wildman–Crippen LogP) is 1.68. The van der Waals surface area contributed by atoms with Crippen molar-refractivity contribution in [1.82, 2.24) is 19.8 Å². The molecule has 7 nitrogen and oxygen atoms in total. The van der Waals surface area contributed by atoms with Gasteiger partial charge in [-0.3, -0.25) is 19.7 Å². The molecule has 0 aliphatic carbocycles. The number of anilines is 1. The summed E-state index contributed by atoms with van der Waals surface area (Å²) in [6.07, 6.45) is 0. The highest BCUT2D eigenvalue weighted by Gasteiger charge is 2.35. The van der Waals surface area contributed by atoms with Crippen molar-refractivity contribution in [3.63, 3.8) is 0 Å². The summed E-state index contributed by atoms with van der Waals surface area (Å²) in [6.45, 7) is 9.42. The maximum atomic E-state index is 12.2. The molecule has 0 bridgehead atoms. The van der Waals surface area contributed by atoms with Gasteiger partial charge in [0.05, 0.1) is 23.5 Å². The molecule has 1 aliphatic rings. The molecule has 118 valence electrons. The van der Waals surface area contributed by atoms with Gasteiger partial charge < -0.3 is 4.52 Å². The second kappa shape index (κ2) is 5.57. The minimum Gasteiger partial charge on any atom is -0.338 e. The lowest BCUT2D eigenvalue weighted by atomic mass is 10.1. The fraction of sp³-hybridized carbons (Fsp3) is 0.533. The number of hydrogen-bond donors (Lipinski definition) is 1. The van der Waals surface area contributed by atoms with Crippen LogP contribution in [0, 0.1) is 20.8 Å². The largest absolute Gasteiger partial charge is 0.338 e. The van der Waals surface area contributed by atoms with Gasteiger partial charge in [-0.05, 0) is 33.8 Å². The van der Waals surface area contributed by atoms with Crippen molar-refractivity contribution in [2.75, 3.05) is 18.4 Å². The third-order valence-corrected chi connectivity index (χ3v) is 4.08. The number of amides is 1. The molecule has 0 radical (unpaired) electrons. The first-order valence-corrected chi connectivity index (χ1v) is 7.45. The number of aromatic nitrogens is 3. The van der Waals surface area contributed by atoms with E-state index in [-0.39, 0.29) is 11.9 Å². The van der Waals surface area contributed by atoms with Gasteiger partial charge in [0, 0.05) is 24.8 Å². The predicted molar refractivity (Wildman–Crippen MR) is 81.6 cm³/mol. The summed E-state index contributed by atoms with van der Waals surface area (Å²) in [4.78, 5) is 14.3. The van der Waals surface area contributed by atoms with Gasteiger partial charge in [-0.2, -0.15) is 5.10 Å². The van der Waals surface area contributed by atoms with E-state index >= 15 is 0 Å². The summed E-state index contributed by atoms with van der Waals surface area (Å²) < 4.78 is 7.06. The minimum absolute atomic E-state index is 0.0806. The molecular weight excluding hydrogens is 282 g/mol. The summed E-state index contributed by atoms with van der Waals surface area (Å²) in [6, 6.07) is 3.92. The number of aryl methyl sites for hydroxylation is 3. The quantitative estimate of drug-likeness (QED) is 0.930. The van der Waals surface area contributed by atoms with Gasteiger partial charge in [0.2, 0.25) is 11.8 Å². The highest BCUT2D eigenvalue weighted by atomic mass is 16.5. The van der Waals surface area contributed by atoms with Gasteiger partial charge in [0.25, 0.3) is 0 Å². The summed E-state index contributed by atoms with van der Waals surface area (Å²) in [5.74, 6) is 0.313. The normalized spacial score (nSPS) is 17.3. The summed E-state index contributed by atoms with van der Waals surface area (Å²) in [5, 5.41) is 11.0. The van der Waals surface area contributed by atoms with E-state index in [2.05, 4.69) is 38.1 Å². The first kappa shape index (κ1) is 14.8. The first-order chi connectivity index (χ1) is 10.4. The maximum absolute atomic E-state index is 12.2. The molecule has 3 heterocycles. The van der Waals surface area contributed by atoms with E-state index in [1.54, 1.807) is 6.07 Å². The van der Waals surface area contributed by atoms with Gasteiger partial charge in [-0.1, -0.05) is 5.16 Å². The fourth-order valence-electron chi connectivity index (χ4n) is 2.79. The van der Waals surface area contributed by atoms with Crippen LogP contribution in [0.5, 0.6) is 0 Å². The summed E-state index contributed by atoms with van der Waals surface area (Å²) in [7, 11) is 0. The van der Waals surface area contributed by atoms with Crippen LogP contribution in [0.2, 0.25) is 0 Å². The monoisotopic (exact) mass is 303 g/mol. The van der Waals surface area contributed by atoms with E-state index in [0.29, 0.717) is 11.9 Å². The summed E-state index contributed by atoms with van der Waals surface area (Å²) >= 11 is 0. The molecule has 3 rings (SSSR count). The number of nitrogens with zero attached hydrogens (tertiary/aromatic N) is 4. The Kier molecular flexibility index (Phi) is 3.74. The minimum atomic E-state index is -0.210. The lowest BCUT2D eigenvalue weighted by Crippen LogP contribution is -2.55. The van der Waals surface area contributed by atoms with Crippen LogP contribution in [0.15, 0.2) is 16.7 Å².